The number of esters is 1. The third kappa shape index (κ3) is 4.21. The van der Waals surface area contributed by atoms with Crippen LogP contribution in [0.15, 0.2) is 91.3 Å². The molecule has 0 N–H and O–H groups in total. The Balaban J connectivity index is 1.42. The van der Waals surface area contributed by atoms with E-state index in [1.807, 2.05) is 79.8 Å². The van der Waals surface area contributed by atoms with E-state index in [9.17, 15) is 4.79 Å². The number of carbonyl (C=O) groups excluding carboxylic acids is 1. The molecule has 1 heterocycles. The Morgan fingerprint density at radius 3 is 2.14 bits per heavy atom. The Morgan fingerprint density at radius 1 is 0.897 bits per heavy atom. The third-order valence-electron chi connectivity index (χ3n) is 5.17. The van der Waals surface area contributed by atoms with Gasteiger partial charge in [0.2, 0.25) is 6.33 Å². The molecule has 0 amide bonds. The van der Waals surface area contributed by atoms with Crippen molar-refractivity contribution in [1.82, 2.24) is 4.57 Å². The third-order valence-corrected chi connectivity index (χ3v) is 5.17. The van der Waals surface area contributed by atoms with Crippen LogP contribution in [0, 0.1) is 0 Å². The molecule has 0 saturated carbocycles. The van der Waals surface area contributed by atoms with Crippen LogP contribution in [0.2, 0.25) is 0 Å². The van der Waals surface area contributed by atoms with Gasteiger partial charge in [0.15, 0.2) is 11.0 Å². The van der Waals surface area contributed by atoms with Gasteiger partial charge < -0.3 is 4.74 Å². The van der Waals surface area contributed by atoms with Gasteiger partial charge in [0.25, 0.3) is 0 Å². The van der Waals surface area contributed by atoms with Crippen LogP contribution in [0.4, 0.5) is 0 Å². The summed E-state index contributed by atoms with van der Waals surface area (Å²) in [7, 11) is 2.04. The molecule has 0 spiro atoms. The van der Waals surface area contributed by atoms with E-state index in [1.54, 1.807) is 0 Å². The molecule has 4 heteroatoms. The van der Waals surface area contributed by atoms with Gasteiger partial charge in [-0.15, -0.1) is 0 Å². The fourth-order valence-electron chi connectivity index (χ4n) is 3.76. The van der Waals surface area contributed by atoms with Crippen LogP contribution in [-0.4, -0.2) is 17.1 Å². The van der Waals surface area contributed by atoms with Crippen LogP contribution in [0.3, 0.4) is 0 Å². The van der Waals surface area contributed by atoms with Crippen LogP contribution < -0.4 is 4.57 Å². The largest absolute Gasteiger partial charge is 0.465 e. The average Bonchev–Trinajstić information content (AvgIpc) is 3.09. The lowest BCUT2D eigenvalue weighted by Gasteiger charge is -2.17. The number of hydrogen-bond acceptors (Lipinski definition) is 2. The number of hydrogen-bond donors (Lipinski definition) is 0. The maximum Gasteiger partial charge on any atom is 0.317 e. The van der Waals surface area contributed by atoms with Crippen molar-refractivity contribution in [2.75, 3.05) is 6.61 Å². The summed E-state index contributed by atoms with van der Waals surface area (Å²) < 4.78 is 10.0. The van der Waals surface area contributed by atoms with Crippen LogP contribution in [0.25, 0.3) is 11.0 Å². The molecule has 4 aromatic rings. The number of para-hydroxylation sites is 2. The molecule has 0 unspecified atom stereocenters. The van der Waals surface area contributed by atoms with Gasteiger partial charge in [-0.25, -0.2) is 9.13 Å². The Hall–Kier alpha value is -3.40. The summed E-state index contributed by atoms with van der Waals surface area (Å²) >= 11 is 0. The molecule has 4 rings (SSSR count). The lowest BCUT2D eigenvalue weighted by atomic mass is 9.91. The number of ether oxygens (including phenoxy) is 1. The van der Waals surface area contributed by atoms with Crippen LogP contribution >= 0.6 is 0 Å². The van der Waals surface area contributed by atoms with E-state index in [4.69, 9.17) is 4.74 Å². The summed E-state index contributed by atoms with van der Waals surface area (Å²) in [6.45, 7) is 1.20. The van der Waals surface area contributed by atoms with Gasteiger partial charge in [-0.05, 0) is 23.3 Å². The fraction of sp³-hybridized carbons (Fsp3) is 0.200. The van der Waals surface area contributed by atoms with E-state index in [2.05, 4.69) is 27.6 Å². The molecule has 0 saturated heterocycles. The zero-order valence-electron chi connectivity index (χ0n) is 16.6. The highest BCUT2D eigenvalue weighted by Gasteiger charge is 2.24. The van der Waals surface area contributed by atoms with Gasteiger partial charge in [-0.2, -0.15) is 0 Å². The number of imidazole rings is 1. The zero-order chi connectivity index (χ0) is 20.1. The lowest BCUT2D eigenvalue weighted by molar-refractivity contribution is -0.645. The summed E-state index contributed by atoms with van der Waals surface area (Å²) in [5.41, 5.74) is 4.28. The lowest BCUT2D eigenvalue weighted by Crippen LogP contribution is -2.25. The molecule has 0 aliphatic carbocycles. The van der Waals surface area contributed by atoms with Gasteiger partial charge >= 0.3 is 5.97 Å². The minimum atomic E-state index is -0.400. The number of carbonyl (C=O) groups is 1. The SMILES string of the molecule is C[n+]1cn(CCCOC(=O)C(c2ccccc2)c2ccccc2)c2ccccc21. The minimum Gasteiger partial charge on any atom is -0.465 e. The first-order valence-corrected chi connectivity index (χ1v) is 9.94. The van der Waals surface area contributed by atoms with E-state index >= 15 is 0 Å². The second-order valence-corrected chi connectivity index (χ2v) is 7.18. The van der Waals surface area contributed by atoms with E-state index in [1.165, 1.54) is 11.0 Å². The number of benzene rings is 3. The van der Waals surface area contributed by atoms with Crippen molar-refractivity contribution < 1.29 is 14.1 Å². The van der Waals surface area contributed by atoms with E-state index < -0.39 is 5.92 Å². The van der Waals surface area contributed by atoms with Crippen LogP contribution in [0.1, 0.15) is 23.5 Å². The highest BCUT2D eigenvalue weighted by atomic mass is 16.5. The molecule has 0 aliphatic heterocycles. The molecule has 0 aliphatic rings. The van der Waals surface area contributed by atoms with Crippen molar-refractivity contribution in [3.05, 3.63) is 102 Å². The number of aromatic nitrogens is 2. The van der Waals surface area contributed by atoms with Crippen molar-refractivity contribution in [2.24, 2.45) is 7.05 Å². The minimum absolute atomic E-state index is 0.203. The Bertz CT molecular complexity index is 1050. The molecule has 0 atom stereocenters. The predicted octanol–water partition coefficient (Wildman–Crippen LogP) is 4.23. The monoisotopic (exact) mass is 385 g/mol. The highest BCUT2D eigenvalue weighted by Crippen LogP contribution is 2.26. The van der Waals surface area contributed by atoms with Gasteiger partial charge in [-0.1, -0.05) is 72.8 Å². The number of aryl methyl sites for hydroxylation is 2. The highest BCUT2D eigenvalue weighted by molar-refractivity contribution is 5.82. The molecule has 0 fully saturated rings. The first kappa shape index (κ1) is 18.9. The fourth-order valence-corrected chi connectivity index (χ4v) is 3.76. The van der Waals surface area contributed by atoms with Gasteiger partial charge in [0.1, 0.15) is 5.92 Å². The Labute approximate surface area is 171 Å². The molecule has 0 bridgehead atoms. The van der Waals surface area contributed by atoms with E-state index in [0.29, 0.717) is 6.61 Å². The summed E-state index contributed by atoms with van der Waals surface area (Å²) in [5, 5.41) is 0. The molecule has 29 heavy (non-hydrogen) atoms. The molecular weight excluding hydrogens is 360 g/mol. The summed E-state index contributed by atoms with van der Waals surface area (Å²) in [4.78, 5) is 12.9. The number of fused-ring (bicyclic) bond motifs is 1. The van der Waals surface area contributed by atoms with Crippen molar-refractivity contribution in [1.29, 1.82) is 0 Å². The Morgan fingerprint density at radius 2 is 1.48 bits per heavy atom. The van der Waals surface area contributed by atoms with E-state index in [-0.39, 0.29) is 5.97 Å². The van der Waals surface area contributed by atoms with Crippen LogP contribution in [0.5, 0.6) is 0 Å². The smallest absolute Gasteiger partial charge is 0.317 e. The van der Waals surface area contributed by atoms with Crippen molar-refractivity contribution in [2.45, 2.75) is 18.9 Å². The first-order valence-electron chi connectivity index (χ1n) is 9.94. The normalized spacial score (nSPS) is 11.1. The summed E-state index contributed by atoms with van der Waals surface area (Å²) in [5.74, 6) is -0.604. The molecule has 0 radical (unpaired) electrons. The first-order chi connectivity index (χ1) is 14.2. The zero-order valence-corrected chi connectivity index (χ0v) is 16.6. The van der Waals surface area contributed by atoms with E-state index in [0.717, 1.165) is 24.1 Å². The second-order valence-electron chi connectivity index (χ2n) is 7.18. The number of nitrogens with zero attached hydrogens (tertiary/aromatic N) is 2. The predicted molar refractivity (Wildman–Crippen MR) is 113 cm³/mol. The summed E-state index contributed by atoms with van der Waals surface area (Å²) in [6, 6.07) is 27.9. The topological polar surface area (TPSA) is 35.1 Å². The van der Waals surface area contributed by atoms with Gasteiger partial charge in [0, 0.05) is 6.42 Å². The van der Waals surface area contributed by atoms with Crippen LogP contribution in [-0.2, 0) is 23.1 Å². The van der Waals surface area contributed by atoms with Crippen molar-refractivity contribution in [3.8, 4) is 0 Å². The molecule has 146 valence electrons. The standard InChI is InChI=1S/C25H25N2O2/c1-26-19-27(23-16-9-8-15-22(23)26)17-10-18-29-25(28)24(20-11-4-2-5-12-20)21-13-6-3-7-14-21/h2-9,11-16,19,24H,10,17-18H2,1H3/q+1. The Kier molecular flexibility index (Phi) is 5.71. The maximum absolute atomic E-state index is 12.9. The molecular formula is C25H25N2O2+. The van der Waals surface area contributed by atoms with Gasteiger partial charge in [-0.3, -0.25) is 4.79 Å². The average molecular weight is 385 g/mol. The van der Waals surface area contributed by atoms with Crippen molar-refractivity contribution >= 4 is 17.0 Å². The molecule has 4 nitrogen and oxygen atoms in total. The maximum atomic E-state index is 12.9. The van der Waals surface area contributed by atoms with Gasteiger partial charge in [0.05, 0.1) is 20.2 Å². The van der Waals surface area contributed by atoms with Crippen molar-refractivity contribution in [3.63, 3.8) is 0 Å². The number of rotatable bonds is 7. The molecule has 3 aromatic carbocycles. The molecule has 1 aromatic heterocycles. The quantitative estimate of drug-likeness (QED) is 0.271. The second kappa shape index (κ2) is 8.74. The summed E-state index contributed by atoms with van der Waals surface area (Å²) in [6.07, 6.45) is 2.85.